The Kier molecular flexibility index (Phi) is 2.06. The molecule has 0 unspecified atom stereocenters. The number of halogens is 1. The van der Waals surface area contributed by atoms with Crippen LogP contribution in [0.25, 0.3) is 20.7 Å². The van der Waals surface area contributed by atoms with Crippen LogP contribution in [-0.2, 0) is 0 Å². The van der Waals surface area contributed by atoms with Gasteiger partial charge in [-0.15, -0.1) is 11.3 Å². The van der Waals surface area contributed by atoms with Gasteiger partial charge in [-0.3, -0.25) is 0 Å². The van der Waals surface area contributed by atoms with E-state index in [0.29, 0.717) is 10.2 Å². The highest BCUT2D eigenvalue weighted by Gasteiger charge is 2.01. The zero-order valence-corrected chi connectivity index (χ0v) is 7.88. The SMILES string of the molecule is [N-]=[N+]=Nc1nc2ccc(Cl)cc2s1. The number of aromatic nitrogens is 1. The number of thiazole rings is 1. The van der Waals surface area contributed by atoms with Crippen molar-refractivity contribution in [1.29, 1.82) is 0 Å². The molecule has 1 heterocycles. The predicted octanol–water partition coefficient (Wildman–Crippen LogP) is 3.89. The molecular weight excluding hydrogens is 208 g/mol. The van der Waals surface area contributed by atoms with E-state index in [0.717, 1.165) is 10.2 Å². The summed E-state index contributed by atoms with van der Waals surface area (Å²) < 4.78 is 0.926. The third-order valence-electron chi connectivity index (χ3n) is 1.47. The molecule has 0 atom stereocenters. The maximum atomic E-state index is 8.20. The summed E-state index contributed by atoms with van der Waals surface area (Å²) in [4.78, 5) is 6.75. The van der Waals surface area contributed by atoms with Gasteiger partial charge in [-0.1, -0.05) is 11.6 Å². The molecule has 0 bridgehead atoms. The summed E-state index contributed by atoms with van der Waals surface area (Å²) in [7, 11) is 0. The first kappa shape index (κ1) is 8.31. The van der Waals surface area contributed by atoms with E-state index < -0.39 is 0 Å². The molecule has 2 rings (SSSR count). The molecule has 13 heavy (non-hydrogen) atoms. The standard InChI is InChI=1S/C7H3ClN4S/c8-4-1-2-5-6(3-4)13-7(10-5)11-12-9/h1-3H. The van der Waals surface area contributed by atoms with Crippen LogP contribution in [0.3, 0.4) is 0 Å². The number of rotatable bonds is 1. The van der Waals surface area contributed by atoms with E-state index in [4.69, 9.17) is 17.1 Å². The van der Waals surface area contributed by atoms with E-state index in [1.165, 1.54) is 11.3 Å². The van der Waals surface area contributed by atoms with Crippen molar-refractivity contribution < 1.29 is 0 Å². The molecule has 64 valence electrons. The summed E-state index contributed by atoms with van der Waals surface area (Å²) >= 11 is 7.10. The monoisotopic (exact) mass is 210 g/mol. The lowest BCUT2D eigenvalue weighted by molar-refractivity contribution is 1.38. The fourth-order valence-corrected chi connectivity index (χ4v) is 2.03. The third-order valence-corrected chi connectivity index (χ3v) is 2.61. The van der Waals surface area contributed by atoms with Gasteiger partial charge in [0.25, 0.3) is 0 Å². The molecule has 0 aliphatic rings. The minimum atomic E-state index is 0.416. The number of hydrogen-bond acceptors (Lipinski definition) is 3. The average Bonchev–Trinajstić information content (AvgIpc) is 2.46. The Balaban J connectivity index is 2.68. The van der Waals surface area contributed by atoms with Crippen molar-refractivity contribution in [2.45, 2.75) is 0 Å². The first-order chi connectivity index (χ1) is 6.29. The zero-order chi connectivity index (χ0) is 9.26. The number of azide groups is 1. The number of benzene rings is 1. The molecule has 4 nitrogen and oxygen atoms in total. The lowest BCUT2D eigenvalue weighted by atomic mass is 10.3. The maximum Gasteiger partial charge on any atom is 0.181 e. The van der Waals surface area contributed by atoms with Crippen molar-refractivity contribution in [2.75, 3.05) is 0 Å². The van der Waals surface area contributed by atoms with Crippen molar-refractivity contribution in [1.82, 2.24) is 4.98 Å². The van der Waals surface area contributed by atoms with Crippen molar-refractivity contribution in [3.63, 3.8) is 0 Å². The normalized spacial score (nSPS) is 9.92. The Bertz CT molecular complexity index is 500. The van der Waals surface area contributed by atoms with Crippen LogP contribution in [0.1, 0.15) is 0 Å². The second kappa shape index (κ2) is 3.22. The van der Waals surface area contributed by atoms with E-state index in [9.17, 15) is 0 Å². The van der Waals surface area contributed by atoms with E-state index in [1.54, 1.807) is 18.2 Å². The molecule has 6 heteroatoms. The van der Waals surface area contributed by atoms with Crippen molar-refractivity contribution in [2.24, 2.45) is 5.11 Å². The second-order valence-corrected chi connectivity index (χ2v) is 3.74. The van der Waals surface area contributed by atoms with E-state index in [2.05, 4.69) is 15.0 Å². The minimum absolute atomic E-state index is 0.416. The quantitative estimate of drug-likeness (QED) is 0.400. The molecule has 0 aliphatic carbocycles. The predicted molar refractivity (Wildman–Crippen MR) is 53.4 cm³/mol. The second-order valence-electron chi connectivity index (χ2n) is 2.30. The van der Waals surface area contributed by atoms with Crippen LogP contribution in [0.4, 0.5) is 5.13 Å². The van der Waals surface area contributed by atoms with Gasteiger partial charge in [-0.05, 0) is 28.8 Å². The maximum absolute atomic E-state index is 8.20. The fraction of sp³-hybridized carbons (Fsp3) is 0. The van der Waals surface area contributed by atoms with Gasteiger partial charge >= 0.3 is 0 Å². The Morgan fingerprint density at radius 3 is 3.15 bits per heavy atom. The first-order valence-corrected chi connectivity index (χ1v) is 4.60. The van der Waals surface area contributed by atoms with Gasteiger partial charge in [0.05, 0.1) is 10.2 Å². The summed E-state index contributed by atoms with van der Waals surface area (Å²) in [6.07, 6.45) is 0. The third kappa shape index (κ3) is 1.58. The Hall–Kier alpha value is -1.29. The van der Waals surface area contributed by atoms with Crippen LogP contribution in [0.15, 0.2) is 23.3 Å². The molecule has 1 aromatic heterocycles. The lowest BCUT2D eigenvalue weighted by Crippen LogP contribution is -1.65. The fourth-order valence-electron chi connectivity index (χ4n) is 0.967. The summed E-state index contributed by atoms with van der Waals surface area (Å²) in [6.45, 7) is 0. The molecule has 0 saturated carbocycles. The topological polar surface area (TPSA) is 61.7 Å². The average molecular weight is 211 g/mol. The van der Waals surface area contributed by atoms with Crippen LogP contribution in [0.5, 0.6) is 0 Å². The van der Waals surface area contributed by atoms with E-state index >= 15 is 0 Å². The Morgan fingerprint density at radius 2 is 2.38 bits per heavy atom. The molecule has 0 radical (unpaired) electrons. The van der Waals surface area contributed by atoms with Gasteiger partial charge in [0.2, 0.25) is 0 Å². The van der Waals surface area contributed by atoms with Gasteiger partial charge in [0, 0.05) is 9.93 Å². The van der Waals surface area contributed by atoms with Crippen molar-refractivity contribution in [3.05, 3.63) is 33.7 Å². The van der Waals surface area contributed by atoms with Crippen LogP contribution in [0, 0.1) is 0 Å². The van der Waals surface area contributed by atoms with Crippen LogP contribution < -0.4 is 0 Å². The van der Waals surface area contributed by atoms with Crippen molar-refractivity contribution in [3.8, 4) is 0 Å². The van der Waals surface area contributed by atoms with Gasteiger partial charge in [-0.2, -0.15) is 0 Å². The van der Waals surface area contributed by atoms with Crippen molar-refractivity contribution >= 4 is 38.3 Å². The highest BCUT2D eigenvalue weighted by molar-refractivity contribution is 7.21. The molecule has 2 aromatic rings. The molecular formula is C7H3ClN4S. The lowest BCUT2D eigenvalue weighted by Gasteiger charge is -1.86. The Morgan fingerprint density at radius 1 is 1.54 bits per heavy atom. The van der Waals surface area contributed by atoms with E-state index in [-0.39, 0.29) is 0 Å². The Labute approximate surface area is 82.4 Å². The molecule has 0 fully saturated rings. The summed E-state index contributed by atoms with van der Waals surface area (Å²) in [5.41, 5.74) is 9.00. The molecule has 0 spiro atoms. The number of nitrogens with zero attached hydrogens (tertiary/aromatic N) is 4. The molecule has 0 saturated heterocycles. The molecule has 1 aromatic carbocycles. The van der Waals surface area contributed by atoms with Crippen LogP contribution >= 0.6 is 22.9 Å². The number of hydrogen-bond donors (Lipinski definition) is 0. The molecule has 0 aliphatic heterocycles. The van der Waals surface area contributed by atoms with Gasteiger partial charge in [-0.25, -0.2) is 4.98 Å². The molecule has 0 N–H and O–H groups in total. The zero-order valence-electron chi connectivity index (χ0n) is 6.31. The summed E-state index contributed by atoms with van der Waals surface area (Å²) in [5, 5.41) is 4.49. The molecule has 0 amide bonds. The van der Waals surface area contributed by atoms with E-state index in [1.807, 2.05) is 0 Å². The van der Waals surface area contributed by atoms with Crippen LogP contribution in [-0.4, -0.2) is 4.98 Å². The van der Waals surface area contributed by atoms with Gasteiger partial charge < -0.3 is 0 Å². The van der Waals surface area contributed by atoms with Crippen LogP contribution in [0.2, 0.25) is 5.02 Å². The highest BCUT2D eigenvalue weighted by Crippen LogP contribution is 2.29. The summed E-state index contributed by atoms with van der Waals surface area (Å²) in [5.74, 6) is 0. The highest BCUT2D eigenvalue weighted by atomic mass is 35.5. The smallest absolute Gasteiger partial charge is 0.181 e. The van der Waals surface area contributed by atoms with Gasteiger partial charge in [0.1, 0.15) is 0 Å². The minimum Gasteiger partial charge on any atom is -0.235 e. The largest absolute Gasteiger partial charge is 0.235 e. The number of fused-ring (bicyclic) bond motifs is 1. The first-order valence-electron chi connectivity index (χ1n) is 3.41. The summed E-state index contributed by atoms with van der Waals surface area (Å²) in [6, 6.07) is 5.35. The van der Waals surface area contributed by atoms with Gasteiger partial charge in [0.15, 0.2) is 5.13 Å².